The van der Waals surface area contributed by atoms with Gasteiger partial charge in [-0.1, -0.05) is 318 Å². The molecule has 0 bridgehead atoms. The topological polar surface area (TPSA) is 307 Å². The Morgan fingerprint density at radius 1 is 0.343 bits per heavy atom. The summed E-state index contributed by atoms with van der Waals surface area (Å²) >= 11 is 0. The number of aliphatic hydroxyl groups is 11. The van der Waals surface area contributed by atoms with Crippen LogP contribution in [-0.4, -0.2) is 193 Å². The summed E-state index contributed by atoms with van der Waals surface area (Å²) in [5.74, 6) is -0.285. The number of ether oxygens (including phenoxy) is 6. The minimum atomic E-state index is -1.98. The molecule has 0 aliphatic carbocycles. The standard InChI is InChI=1S/C86H155NO18/c1-3-5-7-9-11-13-15-17-19-21-23-25-26-27-28-29-30-31-32-33-34-35-36-37-38-39-40-41-42-44-46-48-50-52-54-56-58-60-62-64-74(92)87-69(70(91)63-61-59-57-55-53-51-49-47-45-43-24-22-20-18-16-14-12-10-8-6-4-2)68-100-84-80(98)77(95)82(72(66-89)102-84)105-86-81(99)78(96)83(73(67-90)103-86)104-85-79(97)76(94)75(93)71(65-88)101-85/h15,17,21,23,26-27,45,47,53,55,61,63,69-73,75-86,88-91,93-99H,3-14,16,18-20,22,24-25,28-44,46,48-52,54,56-60,62,64-68H2,1-2H3,(H,87,92)/b17-15-,23-21-,27-26-,47-45+,55-53+,63-61+. The van der Waals surface area contributed by atoms with Crippen LogP contribution in [0.1, 0.15) is 335 Å². The van der Waals surface area contributed by atoms with E-state index in [-0.39, 0.29) is 18.9 Å². The molecular weight excluding hydrogens is 1330 g/mol. The molecule has 0 aromatic carbocycles. The van der Waals surface area contributed by atoms with Gasteiger partial charge in [-0.2, -0.15) is 0 Å². The summed E-state index contributed by atoms with van der Waals surface area (Å²) < 4.78 is 34.4. The van der Waals surface area contributed by atoms with E-state index in [9.17, 15) is 61.0 Å². The predicted molar refractivity (Wildman–Crippen MR) is 420 cm³/mol. The normalized spacial score (nSPS) is 26.1. The summed E-state index contributed by atoms with van der Waals surface area (Å²) in [6, 6.07) is -0.999. The molecule has 0 aromatic heterocycles. The zero-order valence-electron chi connectivity index (χ0n) is 65.7. The van der Waals surface area contributed by atoms with Crippen molar-refractivity contribution < 1.29 is 89.4 Å². The van der Waals surface area contributed by atoms with Crippen LogP contribution in [0.25, 0.3) is 0 Å². The number of hydrogen-bond donors (Lipinski definition) is 12. The Morgan fingerprint density at radius 3 is 1.02 bits per heavy atom. The van der Waals surface area contributed by atoms with Crippen LogP contribution in [0, 0.1) is 0 Å². The minimum Gasteiger partial charge on any atom is -0.394 e. The highest BCUT2D eigenvalue weighted by Crippen LogP contribution is 2.33. The molecule has 3 rings (SSSR count). The smallest absolute Gasteiger partial charge is 0.220 e. The van der Waals surface area contributed by atoms with Gasteiger partial charge < -0.3 is 89.9 Å². The second-order valence-electron chi connectivity index (χ2n) is 30.3. The number of amides is 1. The summed E-state index contributed by atoms with van der Waals surface area (Å²) in [4.78, 5) is 13.5. The molecule has 19 nitrogen and oxygen atoms in total. The average molecular weight is 1490 g/mol. The van der Waals surface area contributed by atoms with Crippen LogP contribution in [-0.2, 0) is 33.2 Å². The first kappa shape index (κ1) is 96.4. The van der Waals surface area contributed by atoms with Crippen molar-refractivity contribution in [2.75, 3.05) is 26.4 Å². The number of carbonyl (C=O) groups is 1. The molecule has 0 aromatic rings. The third-order valence-electron chi connectivity index (χ3n) is 21.0. The maximum absolute atomic E-state index is 13.5. The molecule has 105 heavy (non-hydrogen) atoms. The van der Waals surface area contributed by atoms with Crippen LogP contribution < -0.4 is 5.32 Å². The van der Waals surface area contributed by atoms with E-state index >= 15 is 0 Å². The van der Waals surface area contributed by atoms with Crippen LogP contribution in [0.2, 0.25) is 0 Å². The zero-order valence-corrected chi connectivity index (χ0v) is 65.7. The number of rotatable bonds is 68. The van der Waals surface area contributed by atoms with Crippen molar-refractivity contribution in [1.82, 2.24) is 5.32 Å². The van der Waals surface area contributed by atoms with Crippen molar-refractivity contribution in [3.8, 4) is 0 Å². The molecule has 12 N–H and O–H groups in total. The summed E-state index contributed by atoms with van der Waals surface area (Å²) in [7, 11) is 0. The highest BCUT2D eigenvalue weighted by Gasteiger charge is 2.54. The van der Waals surface area contributed by atoms with Gasteiger partial charge in [0.25, 0.3) is 0 Å². The lowest BCUT2D eigenvalue weighted by Crippen LogP contribution is -2.66. The molecule has 17 atom stereocenters. The quantitative estimate of drug-likeness (QED) is 0.0199. The minimum absolute atomic E-state index is 0.233. The number of nitrogens with one attached hydrogen (secondary N) is 1. The predicted octanol–water partition coefficient (Wildman–Crippen LogP) is 15.2. The first-order valence-electron chi connectivity index (χ1n) is 42.7. The highest BCUT2D eigenvalue weighted by molar-refractivity contribution is 5.76. The van der Waals surface area contributed by atoms with Crippen molar-refractivity contribution in [1.29, 1.82) is 0 Å². The van der Waals surface area contributed by atoms with E-state index in [4.69, 9.17) is 28.4 Å². The van der Waals surface area contributed by atoms with E-state index in [1.165, 1.54) is 244 Å². The van der Waals surface area contributed by atoms with Crippen molar-refractivity contribution in [3.63, 3.8) is 0 Å². The molecule has 17 unspecified atom stereocenters. The largest absolute Gasteiger partial charge is 0.394 e. The van der Waals surface area contributed by atoms with Crippen LogP contribution in [0.4, 0.5) is 0 Å². The molecular formula is C86H155NO18. The Hall–Kier alpha value is -2.77. The van der Waals surface area contributed by atoms with E-state index in [2.05, 4.69) is 79.9 Å². The Morgan fingerprint density at radius 2 is 0.638 bits per heavy atom. The van der Waals surface area contributed by atoms with E-state index < -0.39 is 124 Å². The van der Waals surface area contributed by atoms with Gasteiger partial charge in [-0.15, -0.1) is 0 Å². The molecule has 3 fully saturated rings. The van der Waals surface area contributed by atoms with E-state index in [0.29, 0.717) is 12.8 Å². The molecule has 3 heterocycles. The zero-order chi connectivity index (χ0) is 76.0. The molecule has 1 amide bonds. The molecule has 0 radical (unpaired) electrons. The summed E-state index contributed by atoms with van der Waals surface area (Å²) in [5, 5.41) is 121. The van der Waals surface area contributed by atoms with Gasteiger partial charge >= 0.3 is 0 Å². The molecule has 3 aliphatic rings. The van der Waals surface area contributed by atoms with E-state index in [0.717, 1.165) is 57.8 Å². The fourth-order valence-corrected chi connectivity index (χ4v) is 14.1. The van der Waals surface area contributed by atoms with Gasteiger partial charge in [0.1, 0.15) is 73.2 Å². The lowest BCUT2D eigenvalue weighted by Gasteiger charge is -2.48. The second-order valence-corrected chi connectivity index (χ2v) is 30.3. The van der Waals surface area contributed by atoms with Crippen LogP contribution >= 0.6 is 0 Å². The maximum atomic E-state index is 13.5. The lowest BCUT2D eigenvalue weighted by atomic mass is 9.96. The maximum Gasteiger partial charge on any atom is 0.220 e. The fraction of sp³-hybridized carbons (Fsp3) is 0.849. The third kappa shape index (κ3) is 45.4. The van der Waals surface area contributed by atoms with Crippen LogP contribution in [0.15, 0.2) is 72.9 Å². The Kier molecular flexibility index (Phi) is 60.5. The molecule has 19 heteroatoms. The van der Waals surface area contributed by atoms with Gasteiger partial charge in [-0.3, -0.25) is 4.79 Å². The summed E-state index contributed by atoms with van der Waals surface area (Å²) in [6.45, 7) is 1.73. The molecule has 612 valence electrons. The fourth-order valence-electron chi connectivity index (χ4n) is 14.1. The van der Waals surface area contributed by atoms with Gasteiger partial charge in [0.05, 0.1) is 38.6 Å². The second kappa shape index (κ2) is 65.9. The third-order valence-corrected chi connectivity index (χ3v) is 21.0. The van der Waals surface area contributed by atoms with Gasteiger partial charge in [0.2, 0.25) is 5.91 Å². The molecule has 0 saturated carbocycles. The van der Waals surface area contributed by atoms with Gasteiger partial charge in [-0.25, -0.2) is 0 Å². The highest BCUT2D eigenvalue weighted by atomic mass is 16.8. The summed E-state index contributed by atoms with van der Waals surface area (Å²) in [6.07, 6.45) is 60.6. The first-order valence-corrected chi connectivity index (χ1v) is 42.7. The van der Waals surface area contributed by atoms with Crippen molar-refractivity contribution >= 4 is 5.91 Å². The average Bonchev–Trinajstić information content (AvgIpc) is 0.780. The van der Waals surface area contributed by atoms with Crippen molar-refractivity contribution in [3.05, 3.63) is 72.9 Å². The van der Waals surface area contributed by atoms with E-state index in [1.54, 1.807) is 6.08 Å². The number of unbranched alkanes of at least 4 members (excludes halogenated alkanes) is 42. The Labute approximate surface area is 636 Å². The van der Waals surface area contributed by atoms with Gasteiger partial charge in [0.15, 0.2) is 18.9 Å². The molecule has 0 spiro atoms. The number of hydrogen-bond acceptors (Lipinski definition) is 18. The Bertz CT molecular complexity index is 2180. The molecule has 3 aliphatic heterocycles. The SMILES string of the molecule is CCCCCCC/C=C\C/C=C\C/C=C\CCCCCCCCCCCCCCCCCCCCCCCCCCC(=O)NC(COC1OC(CO)C(OC2OC(CO)C(OC3OC(CO)C(O)C(O)C3O)C(O)C2O)C(O)C1O)C(O)/C=C/CC/C=C/CC/C=C/CCCCCCCCCCCCC. The number of aliphatic hydroxyl groups excluding tert-OH is 11. The number of allylic oxidation sites excluding steroid dienone is 11. The van der Waals surface area contributed by atoms with Gasteiger partial charge in [0, 0.05) is 6.42 Å². The summed E-state index contributed by atoms with van der Waals surface area (Å²) in [5.41, 5.74) is 0. The monoisotopic (exact) mass is 1490 g/mol. The molecule has 3 saturated heterocycles. The van der Waals surface area contributed by atoms with Gasteiger partial charge in [-0.05, 0) is 83.5 Å². The van der Waals surface area contributed by atoms with Crippen molar-refractivity contribution in [2.45, 2.75) is 439 Å². The van der Waals surface area contributed by atoms with Crippen LogP contribution in [0.5, 0.6) is 0 Å². The lowest BCUT2D eigenvalue weighted by molar-refractivity contribution is -0.379. The number of carbonyl (C=O) groups excluding carboxylic acids is 1. The Balaban J connectivity index is 1.32. The van der Waals surface area contributed by atoms with E-state index in [1.807, 2.05) is 6.08 Å². The van der Waals surface area contributed by atoms with Crippen molar-refractivity contribution in [2.24, 2.45) is 0 Å². The first-order chi connectivity index (χ1) is 51.3. The van der Waals surface area contributed by atoms with Crippen LogP contribution in [0.3, 0.4) is 0 Å².